The van der Waals surface area contributed by atoms with E-state index in [0.29, 0.717) is 0 Å². The fourth-order valence-corrected chi connectivity index (χ4v) is 0.529. The smallest absolute Gasteiger partial charge is 0.00369 e. The molecule has 0 aliphatic carbocycles. The van der Waals surface area contributed by atoms with Gasteiger partial charge >= 0.3 is 0 Å². The van der Waals surface area contributed by atoms with Crippen molar-refractivity contribution in [1.82, 2.24) is 10.6 Å². The summed E-state index contributed by atoms with van der Waals surface area (Å²) in [6, 6.07) is 0. The van der Waals surface area contributed by atoms with E-state index >= 15 is 0 Å². The fourth-order valence-electron chi connectivity index (χ4n) is 0.529. The summed E-state index contributed by atoms with van der Waals surface area (Å²) in [7, 11) is 3.75. The van der Waals surface area contributed by atoms with E-state index in [1.54, 1.807) is 0 Å². The van der Waals surface area contributed by atoms with Gasteiger partial charge in [0.25, 0.3) is 0 Å². The highest BCUT2D eigenvalue weighted by atomic mass is 35.5. The zero-order chi connectivity index (χ0) is 8.95. The minimum atomic E-state index is 0. The number of hydrogen-bond acceptors (Lipinski definition) is 3. The lowest BCUT2D eigenvalue weighted by Crippen LogP contribution is -2.18. The van der Waals surface area contributed by atoms with Crippen LogP contribution in [0.5, 0.6) is 0 Å². The maximum absolute atomic E-state index is 5.27. The first kappa shape index (κ1) is 29.3. The molecule has 0 fully saturated rings. The molecule has 4 N–H and O–H groups in total. The van der Waals surface area contributed by atoms with Crippen molar-refractivity contribution in [3.05, 3.63) is 0 Å². The Morgan fingerprint density at radius 1 is 1.00 bits per heavy atom. The zero-order valence-electron chi connectivity index (χ0n) is 9.34. The largest absolute Gasteiger partial charge is 0.330 e. The van der Waals surface area contributed by atoms with E-state index in [4.69, 9.17) is 5.73 Å². The summed E-state index contributed by atoms with van der Waals surface area (Å²) in [6.07, 6.45) is 2.31. The van der Waals surface area contributed by atoms with Gasteiger partial charge in [0, 0.05) is 0 Å². The third kappa shape index (κ3) is 53.2. The highest BCUT2D eigenvalue weighted by molar-refractivity contribution is 5.86. The van der Waals surface area contributed by atoms with Crippen molar-refractivity contribution >= 4 is 37.2 Å². The molecule has 0 atom stereocenters. The Bertz CT molecular complexity index is 53.1. The summed E-state index contributed by atoms with van der Waals surface area (Å²) in [6.45, 7) is 5.16. The van der Waals surface area contributed by atoms with E-state index in [1.807, 2.05) is 14.1 Å². The SMILES string of the molecule is CCCNCCCN.CNC.Cl.Cl.Cl. The van der Waals surface area contributed by atoms with E-state index in [1.165, 1.54) is 6.42 Å². The zero-order valence-corrected chi connectivity index (χ0v) is 11.8. The van der Waals surface area contributed by atoms with Crippen LogP contribution in [0.1, 0.15) is 19.8 Å². The first-order valence-corrected chi connectivity index (χ1v) is 4.32. The lowest BCUT2D eigenvalue weighted by Gasteiger charge is -1.98. The second-order valence-corrected chi connectivity index (χ2v) is 2.39. The van der Waals surface area contributed by atoms with Gasteiger partial charge in [0.05, 0.1) is 0 Å². The molecule has 94 valence electrons. The first-order valence-electron chi connectivity index (χ1n) is 4.32. The van der Waals surface area contributed by atoms with Gasteiger partial charge < -0.3 is 16.4 Å². The van der Waals surface area contributed by atoms with Crippen molar-refractivity contribution in [3.63, 3.8) is 0 Å². The fraction of sp³-hybridized carbons (Fsp3) is 1.00. The molecule has 0 bridgehead atoms. The van der Waals surface area contributed by atoms with Crippen LogP contribution in [0.4, 0.5) is 0 Å². The minimum Gasteiger partial charge on any atom is -0.330 e. The molecule has 0 radical (unpaired) electrons. The predicted octanol–water partition coefficient (Wildman–Crippen LogP) is 1.44. The van der Waals surface area contributed by atoms with Gasteiger partial charge in [0.15, 0.2) is 0 Å². The lowest BCUT2D eigenvalue weighted by molar-refractivity contribution is 0.645. The van der Waals surface area contributed by atoms with Crippen molar-refractivity contribution in [1.29, 1.82) is 0 Å². The van der Waals surface area contributed by atoms with Crippen LogP contribution in [-0.4, -0.2) is 33.7 Å². The minimum absolute atomic E-state index is 0. The molecule has 0 saturated carbocycles. The molecule has 6 heteroatoms. The number of halogens is 3. The molecule has 0 unspecified atom stereocenters. The molecule has 3 nitrogen and oxygen atoms in total. The Balaban J connectivity index is -0.0000000405. The molecule has 14 heavy (non-hydrogen) atoms. The van der Waals surface area contributed by atoms with Crippen LogP contribution in [0.15, 0.2) is 0 Å². The molecule has 0 rings (SSSR count). The monoisotopic (exact) mass is 269 g/mol. The summed E-state index contributed by atoms with van der Waals surface area (Å²) < 4.78 is 0. The average molecular weight is 271 g/mol. The van der Waals surface area contributed by atoms with Gasteiger partial charge in [-0.15, -0.1) is 37.2 Å². The molecule has 0 aliphatic rings. The van der Waals surface area contributed by atoms with Gasteiger partial charge in [0.2, 0.25) is 0 Å². The topological polar surface area (TPSA) is 50.1 Å². The van der Waals surface area contributed by atoms with Crippen LogP contribution in [0, 0.1) is 0 Å². The predicted molar refractivity (Wildman–Crippen MR) is 73.6 cm³/mol. The molecular formula is C8H26Cl3N3. The Labute approximate surface area is 107 Å². The van der Waals surface area contributed by atoms with E-state index in [9.17, 15) is 0 Å². The van der Waals surface area contributed by atoms with Crippen molar-refractivity contribution in [2.75, 3.05) is 33.7 Å². The van der Waals surface area contributed by atoms with Gasteiger partial charge in [-0.05, 0) is 46.6 Å². The highest BCUT2D eigenvalue weighted by Crippen LogP contribution is 1.71. The van der Waals surface area contributed by atoms with Crippen LogP contribution in [0.3, 0.4) is 0 Å². The van der Waals surface area contributed by atoms with E-state index in [-0.39, 0.29) is 37.2 Å². The van der Waals surface area contributed by atoms with E-state index < -0.39 is 0 Å². The van der Waals surface area contributed by atoms with Gasteiger partial charge in [-0.25, -0.2) is 0 Å². The van der Waals surface area contributed by atoms with Crippen molar-refractivity contribution in [2.24, 2.45) is 5.73 Å². The summed E-state index contributed by atoms with van der Waals surface area (Å²) in [5.41, 5.74) is 5.27. The molecule has 0 aromatic carbocycles. The summed E-state index contributed by atoms with van der Waals surface area (Å²) in [4.78, 5) is 0. The standard InChI is InChI=1S/C6H16N2.C2H7N.3ClH/c1-2-5-8-6-3-4-7;1-3-2;;;/h8H,2-7H2,1H3;3H,1-2H3;3*1H. The Kier molecular flexibility index (Phi) is 78.0. The third-order valence-electron chi connectivity index (χ3n) is 0.984. The molecule has 0 aromatic heterocycles. The van der Waals surface area contributed by atoms with Crippen LogP contribution >= 0.6 is 37.2 Å². The Morgan fingerprint density at radius 2 is 1.43 bits per heavy atom. The number of rotatable bonds is 5. The summed E-state index contributed by atoms with van der Waals surface area (Å²) >= 11 is 0. The molecule has 0 heterocycles. The summed E-state index contributed by atoms with van der Waals surface area (Å²) in [5.74, 6) is 0. The van der Waals surface area contributed by atoms with E-state index in [2.05, 4.69) is 17.6 Å². The van der Waals surface area contributed by atoms with Crippen molar-refractivity contribution in [2.45, 2.75) is 19.8 Å². The molecular weight excluding hydrogens is 244 g/mol. The van der Waals surface area contributed by atoms with Crippen molar-refractivity contribution in [3.8, 4) is 0 Å². The number of hydrogen-bond donors (Lipinski definition) is 3. The maximum Gasteiger partial charge on any atom is -0.00369 e. The molecule has 0 saturated heterocycles. The van der Waals surface area contributed by atoms with Gasteiger partial charge in [0.1, 0.15) is 0 Å². The molecule has 0 aromatic rings. The second kappa shape index (κ2) is 37.2. The molecule has 0 spiro atoms. The molecule has 0 amide bonds. The maximum atomic E-state index is 5.27. The van der Waals surface area contributed by atoms with Crippen LogP contribution in [0.2, 0.25) is 0 Å². The third-order valence-corrected chi connectivity index (χ3v) is 0.984. The highest BCUT2D eigenvalue weighted by Gasteiger charge is 1.80. The van der Waals surface area contributed by atoms with Crippen molar-refractivity contribution < 1.29 is 0 Å². The second-order valence-electron chi connectivity index (χ2n) is 2.39. The van der Waals surface area contributed by atoms with Gasteiger partial charge in [-0.2, -0.15) is 0 Å². The van der Waals surface area contributed by atoms with Crippen LogP contribution < -0.4 is 16.4 Å². The number of nitrogens with one attached hydrogen (secondary N) is 2. The lowest BCUT2D eigenvalue weighted by atomic mass is 10.4. The summed E-state index contributed by atoms with van der Waals surface area (Å²) in [5, 5.41) is 6.01. The Hall–Kier alpha value is 0.750. The van der Waals surface area contributed by atoms with Gasteiger partial charge in [-0.1, -0.05) is 6.92 Å². The first-order chi connectivity index (χ1) is 5.33. The quantitative estimate of drug-likeness (QED) is 0.663. The van der Waals surface area contributed by atoms with E-state index in [0.717, 1.165) is 26.1 Å². The van der Waals surface area contributed by atoms with Gasteiger partial charge in [-0.3, -0.25) is 0 Å². The van der Waals surface area contributed by atoms with Crippen LogP contribution in [-0.2, 0) is 0 Å². The van der Waals surface area contributed by atoms with Crippen LogP contribution in [0.25, 0.3) is 0 Å². The molecule has 0 aliphatic heterocycles. The Morgan fingerprint density at radius 3 is 1.71 bits per heavy atom. The number of nitrogens with two attached hydrogens (primary N) is 1. The average Bonchev–Trinajstić information content (AvgIpc) is 2.00. The normalized spacial score (nSPS) is 6.86.